The maximum Gasteiger partial charge on any atom is 0.416 e. The van der Waals surface area contributed by atoms with Gasteiger partial charge in [-0.25, -0.2) is 0 Å². The van der Waals surface area contributed by atoms with E-state index in [0.717, 1.165) is 27.0 Å². The molecule has 4 rings (SSSR count). The van der Waals surface area contributed by atoms with Crippen LogP contribution in [0.3, 0.4) is 0 Å². The van der Waals surface area contributed by atoms with Crippen LogP contribution in [0.5, 0.6) is 0 Å². The van der Waals surface area contributed by atoms with Crippen molar-refractivity contribution < 1.29 is 18.0 Å². The largest absolute Gasteiger partial charge is 0.416 e. The molecule has 3 unspecified atom stereocenters. The molecule has 1 aliphatic heterocycles. The van der Waals surface area contributed by atoms with E-state index in [1.165, 1.54) is 23.5 Å². The fourth-order valence-electron chi connectivity index (χ4n) is 4.13. The summed E-state index contributed by atoms with van der Waals surface area (Å²) in [7, 11) is 0. The van der Waals surface area contributed by atoms with Gasteiger partial charge in [-0.1, -0.05) is 24.3 Å². The van der Waals surface area contributed by atoms with Crippen LogP contribution in [0, 0.1) is 11.3 Å². The third-order valence-corrected chi connectivity index (χ3v) is 7.32. The second kappa shape index (κ2) is 9.67. The zero-order chi connectivity index (χ0) is 23.6. The molecule has 0 spiro atoms. The van der Waals surface area contributed by atoms with E-state index in [4.69, 9.17) is 5.26 Å². The molecule has 0 aliphatic carbocycles. The maximum atomic E-state index is 13.1. The molecular formula is C24H19BrF3N3OS. The zero-order valence-corrected chi connectivity index (χ0v) is 19.6. The smallest absolute Gasteiger partial charge is 0.347 e. The third-order valence-electron chi connectivity index (χ3n) is 5.70. The Balaban J connectivity index is 1.57. The Labute approximate surface area is 201 Å². The topological polar surface area (TPSA) is 64.9 Å². The first-order valence-corrected chi connectivity index (χ1v) is 11.8. The van der Waals surface area contributed by atoms with E-state index in [1.54, 1.807) is 18.2 Å². The number of thiophene rings is 1. The summed E-state index contributed by atoms with van der Waals surface area (Å²) in [4.78, 5) is 13.2. The van der Waals surface area contributed by atoms with Crippen LogP contribution in [0.25, 0.3) is 0 Å². The van der Waals surface area contributed by atoms with Crippen molar-refractivity contribution in [3.63, 3.8) is 0 Å². The van der Waals surface area contributed by atoms with Gasteiger partial charge in [0.2, 0.25) is 0 Å². The lowest BCUT2D eigenvalue weighted by atomic mass is 9.83. The van der Waals surface area contributed by atoms with Crippen molar-refractivity contribution in [2.75, 3.05) is 6.54 Å². The van der Waals surface area contributed by atoms with E-state index < -0.39 is 11.7 Å². The Morgan fingerprint density at radius 2 is 1.73 bits per heavy atom. The first-order chi connectivity index (χ1) is 15.7. The van der Waals surface area contributed by atoms with Crippen molar-refractivity contribution in [2.24, 2.45) is 0 Å². The van der Waals surface area contributed by atoms with Crippen LogP contribution in [0.15, 0.2) is 64.5 Å². The number of nitrogens with one attached hydrogen (secondary N) is 2. The predicted molar refractivity (Wildman–Crippen MR) is 124 cm³/mol. The number of nitriles is 1. The molecule has 33 heavy (non-hydrogen) atoms. The van der Waals surface area contributed by atoms with Crippen molar-refractivity contribution >= 4 is 33.2 Å². The van der Waals surface area contributed by atoms with E-state index in [-0.39, 0.29) is 23.9 Å². The highest BCUT2D eigenvalue weighted by molar-refractivity contribution is 9.11. The first kappa shape index (κ1) is 23.5. The quantitative estimate of drug-likeness (QED) is 0.442. The number of hydrogen-bond acceptors (Lipinski definition) is 4. The van der Waals surface area contributed by atoms with Gasteiger partial charge in [-0.2, -0.15) is 18.4 Å². The molecule has 9 heteroatoms. The molecule has 3 aromatic rings. The Morgan fingerprint density at radius 3 is 2.27 bits per heavy atom. The van der Waals surface area contributed by atoms with Crippen LogP contribution in [0.4, 0.5) is 13.2 Å². The number of benzene rings is 2. The second-order valence-corrected chi connectivity index (χ2v) is 10.3. The molecule has 0 radical (unpaired) electrons. The normalized spacial score (nSPS) is 19.1. The number of nitrogens with zero attached hydrogens (tertiary/aromatic N) is 1. The van der Waals surface area contributed by atoms with Gasteiger partial charge in [0.25, 0.3) is 5.91 Å². The van der Waals surface area contributed by atoms with Gasteiger partial charge >= 0.3 is 6.18 Å². The maximum absolute atomic E-state index is 13.1. The Kier molecular flexibility index (Phi) is 6.88. The van der Waals surface area contributed by atoms with Crippen LogP contribution >= 0.6 is 27.3 Å². The number of carbonyl (C=O) groups excluding carboxylic acids is 1. The molecule has 1 fully saturated rings. The van der Waals surface area contributed by atoms with Gasteiger partial charge < -0.3 is 10.6 Å². The third kappa shape index (κ3) is 5.46. The summed E-state index contributed by atoms with van der Waals surface area (Å²) in [6, 6.07) is 17.7. The van der Waals surface area contributed by atoms with E-state index in [9.17, 15) is 18.0 Å². The zero-order valence-electron chi connectivity index (χ0n) is 17.2. The number of rotatable bonds is 5. The van der Waals surface area contributed by atoms with Crippen LogP contribution < -0.4 is 10.6 Å². The Hall–Kier alpha value is -2.67. The Bertz CT molecular complexity index is 1170. The van der Waals surface area contributed by atoms with Crippen LogP contribution in [-0.2, 0) is 6.18 Å². The number of halogens is 4. The highest BCUT2D eigenvalue weighted by Crippen LogP contribution is 2.35. The van der Waals surface area contributed by atoms with Crippen molar-refractivity contribution in [3.8, 4) is 6.07 Å². The molecule has 1 saturated heterocycles. The molecule has 2 heterocycles. The summed E-state index contributed by atoms with van der Waals surface area (Å²) >= 11 is 4.71. The lowest BCUT2D eigenvalue weighted by molar-refractivity contribution is -0.137. The molecule has 0 bridgehead atoms. The predicted octanol–water partition coefficient (Wildman–Crippen LogP) is 5.69. The average molecular weight is 534 g/mol. The SMILES string of the molecule is N#Cc1ccc(C(c2ccc(C(F)(F)F)cc2)C2CC(NC(=O)c3ccc(Br)s3)CN2)cc1. The minimum atomic E-state index is -4.40. The number of amides is 1. The van der Waals surface area contributed by atoms with Crippen molar-refractivity contribution in [3.05, 3.63) is 91.6 Å². The van der Waals surface area contributed by atoms with E-state index in [2.05, 4.69) is 32.6 Å². The van der Waals surface area contributed by atoms with Crippen molar-refractivity contribution in [1.82, 2.24) is 10.6 Å². The second-order valence-electron chi connectivity index (χ2n) is 7.86. The number of alkyl halides is 3. The standard InChI is InChI=1S/C24H19BrF3N3OS/c25-21-10-9-20(33-21)23(32)31-18-11-19(30-13-18)22(15-3-1-14(12-29)2-4-15)16-5-7-17(8-6-16)24(26,27)28/h1-10,18-19,22,30H,11,13H2,(H,31,32). The molecule has 2 aromatic carbocycles. The molecule has 170 valence electrons. The van der Waals surface area contributed by atoms with Gasteiger partial charge in [-0.05, 0) is 69.9 Å². The van der Waals surface area contributed by atoms with Crippen LogP contribution in [0.1, 0.15) is 44.3 Å². The molecular weight excluding hydrogens is 515 g/mol. The number of carbonyl (C=O) groups is 1. The van der Waals surface area contributed by atoms with E-state index in [0.29, 0.717) is 23.4 Å². The average Bonchev–Trinajstić information content (AvgIpc) is 3.43. The monoisotopic (exact) mass is 533 g/mol. The minimum Gasteiger partial charge on any atom is -0.347 e. The highest BCUT2D eigenvalue weighted by atomic mass is 79.9. The van der Waals surface area contributed by atoms with Gasteiger partial charge in [-0.15, -0.1) is 11.3 Å². The van der Waals surface area contributed by atoms with Crippen LogP contribution in [0.2, 0.25) is 0 Å². The summed E-state index contributed by atoms with van der Waals surface area (Å²) in [5, 5.41) is 15.6. The summed E-state index contributed by atoms with van der Waals surface area (Å²) in [6.45, 7) is 0.552. The van der Waals surface area contributed by atoms with Crippen molar-refractivity contribution in [2.45, 2.75) is 30.6 Å². The Morgan fingerprint density at radius 1 is 1.09 bits per heavy atom. The van der Waals surface area contributed by atoms with Gasteiger partial charge in [0, 0.05) is 24.5 Å². The van der Waals surface area contributed by atoms with Crippen LogP contribution in [-0.4, -0.2) is 24.5 Å². The molecule has 4 nitrogen and oxygen atoms in total. The summed E-state index contributed by atoms with van der Waals surface area (Å²) in [5.41, 5.74) is 1.44. The molecule has 1 aliphatic rings. The lowest BCUT2D eigenvalue weighted by Crippen LogP contribution is -2.35. The first-order valence-electron chi connectivity index (χ1n) is 10.2. The van der Waals surface area contributed by atoms with Crippen molar-refractivity contribution in [1.29, 1.82) is 5.26 Å². The van der Waals surface area contributed by atoms with Gasteiger partial charge in [0.15, 0.2) is 0 Å². The molecule has 2 N–H and O–H groups in total. The van der Waals surface area contributed by atoms with E-state index >= 15 is 0 Å². The highest BCUT2D eigenvalue weighted by Gasteiger charge is 2.35. The van der Waals surface area contributed by atoms with E-state index in [1.807, 2.05) is 18.2 Å². The minimum absolute atomic E-state index is 0.102. The summed E-state index contributed by atoms with van der Waals surface area (Å²) in [5.74, 6) is -0.389. The fraction of sp³-hybridized carbons (Fsp3) is 0.250. The molecule has 3 atom stereocenters. The molecule has 1 amide bonds. The van der Waals surface area contributed by atoms with Gasteiger partial charge in [0.05, 0.1) is 25.9 Å². The number of hydrogen-bond donors (Lipinski definition) is 2. The molecule has 1 aromatic heterocycles. The fourth-order valence-corrected chi connectivity index (χ4v) is 5.41. The summed E-state index contributed by atoms with van der Waals surface area (Å²) < 4.78 is 40.0. The lowest BCUT2D eigenvalue weighted by Gasteiger charge is -2.25. The van der Waals surface area contributed by atoms with Gasteiger partial charge in [-0.3, -0.25) is 4.79 Å². The molecule has 0 saturated carbocycles. The van der Waals surface area contributed by atoms with Gasteiger partial charge in [0.1, 0.15) is 0 Å². The summed E-state index contributed by atoms with van der Waals surface area (Å²) in [6.07, 6.45) is -3.79.